The van der Waals surface area contributed by atoms with Gasteiger partial charge in [0, 0.05) is 17.2 Å². The van der Waals surface area contributed by atoms with E-state index in [4.69, 9.17) is 0 Å². The maximum absolute atomic E-state index is 14.3. The van der Waals surface area contributed by atoms with E-state index in [0.717, 1.165) is 25.7 Å². The highest BCUT2D eigenvalue weighted by Gasteiger charge is 2.34. The predicted molar refractivity (Wildman–Crippen MR) is 112 cm³/mol. The third-order valence-electron chi connectivity index (χ3n) is 5.78. The summed E-state index contributed by atoms with van der Waals surface area (Å²) in [7, 11) is -3.73. The molecule has 0 saturated heterocycles. The summed E-state index contributed by atoms with van der Waals surface area (Å²) in [4.78, 5) is 19.2. The molecule has 1 atom stereocenters. The highest BCUT2D eigenvalue weighted by Crippen LogP contribution is 2.28. The molecule has 4 rings (SSSR count). The average molecular weight is 448 g/mol. The molecule has 0 bridgehead atoms. The Bertz CT molecular complexity index is 1120. The number of benzene rings is 2. The van der Waals surface area contributed by atoms with Gasteiger partial charge in [0.25, 0.3) is 10.0 Å². The molecule has 1 amide bonds. The Labute approximate surface area is 180 Å². The summed E-state index contributed by atoms with van der Waals surface area (Å²) >= 11 is 0. The van der Waals surface area contributed by atoms with Crippen LogP contribution in [-0.4, -0.2) is 37.1 Å². The van der Waals surface area contributed by atoms with Crippen molar-refractivity contribution in [1.29, 1.82) is 0 Å². The van der Waals surface area contributed by atoms with Gasteiger partial charge in [0.1, 0.15) is 23.5 Å². The quantitative estimate of drug-likeness (QED) is 0.763. The van der Waals surface area contributed by atoms with Crippen LogP contribution in [0, 0.1) is 11.6 Å². The van der Waals surface area contributed by atoms with Crippen molar-refractivity contribution in [1.82, 2.24) is 9.62 Å². The number of sulfonamides is 1. The molecule has 0 spiro atoms. The van der Waals surface area contributed by atoms with E-state index in [-0.39, 0.29) is 28.9 Å². The Morgan fingerprint density at radius 2 is 1.77 bits per heavy atom. The molecule has 0 unspecified atom stereocenters. The fraction of sp³-hybridized carbons (Fsp3) is 0.364. The van der Waals surface area contributed by atoms with Crippen LogP contribution in [0.5, 0.6) is 0 Å². The first kappa shape index (κ1) is 21.4. The van der Waals surface area contributed by atoms with Gasteiger partial charge in [-0.1, -0.05) is 31.0 Å². The number of hydrogen-bond donors (Lipinski definition) is 1. The molecule has 1 fully saturated rings. The van der Waals surface area contributed by atoms with Gasteiger partial charge in [0.05, 0.1) is 11.4 Å². The second-order valence-corrected chi connectivity index (χ2v) is 9.51. The van der Waals surface area contributed by atoms with Gasteiger partial charge in [-0.2, -0.15) is 0 Å². The molecule has 2 aliphatic rings. The first-order valence-corrected chi connectivity index (χ1v) is 11.7. The van der Waals surface area contributed by atoms with Crippen LogP contribution in [0.25, 0.3) is 0 Å². The number of rotatable bonds is 5. The summed E-state index contributed by atoms with van der Waals surface area (Å²) in [6, 6.07) is 8.95. The van der Waals surface area contributed by atoms with Crippen molar-refractivity contribution < 1.29 is 22.0 Å². The maximum Gasteiger partial charge on any atom is 0.263 e. The molecule has 1 N–H and O–H groups in total. The van der Waals surface area contributed by atoms with Crippen LogP contribution >= 0.6 is 0 Å². The smallest absolute Gasteiger partial charge is 0.263 e. The summed E-state index contributed by atoms with van der Waals surface area (Å²) < 4.78 is 55.5. The second-order valence-electron chi connectivity index (χ2n) is 7.86. The van der Waals surface area contributed by atoms with E-state index >= 15 is 0 Å². The topological polar surface area (TPSA) is 78.8 Å². The molecular weight excluding hydrogens is 424 g/mol. The summed E-state index contributed by atoms with van der Waals surface area (Å²) in [6.07, 6.45) is 3.37. The third kappa shape index (κ3) is 4.19. The predicted octanol–water partition coefficient (Wildman–Crippen LogP) is 3.36. The largest absolute Gasteiger partial charge is 0.333 e. The Balaban J connectivity index is 1.64. The molecule has 164 valence electrons. The fourth-order valence-electron chi connectivity index (χ4n) is 4.18. The Hall–Kier alpha value is -2.81. The Morgan fingerprint density at radius 3 is 2.45 bits per heavy atom. The number of nitrogens with zero attached hydrogens (tertiary/aromatic N) is 2. The highest BCUT2D eigenvalue weighted by atomic mass is 32.2. The van der Waals surface area contributed by atoms with Crippen LogP contribution in [0.3, 0.4) is 0 Å². The van der Waals surface area contributed by atoms with Gasteiger partial charge in [0.15, 0.2) is 0 Å². The van der Waals surface area contributed by atoms with E-state index in [0.29, 0.717) is 5.56 Å². The van der Waals surface area contributed by atoms with E-state index in [1.54, 1.807) is 25.1 Å². The summed E-state index contributed by atoms with van der Waals surface area (Å²) in [5, 5.41) is 0. The zero-order valence-corrected chi connectivity index (χ0v) is 17.8. The minimum absolute atomic E-state index is 0.0971. The lowest BCUT2D eigenvalue weighted by atomic mass is 10.1. The molecule has 1 saturated carbocycles. The van der Waals surface area contributed by atoms with E-state index < -0.39 is 33.6 Å². The number of carbonyl (C=O) groups is 1. The van der Waals surface area contributed by atoms with Crippen LogP contribution in [0.1, 0.15) is 43.7 Å². The van der Waals surface area contributed by atoms with Crippen LogP contribution in [0.2, 0.25) is 0 Å². The van der Waals surface area contributed by atoms with Gasteiger partial charge in [0.2, 0.25) is 5.91 Å². The molecule has 6 nitrogen and oxygen atoms in total. The highest BCUT2D eigenvalue weighted by molar-refractivity contribution is 7.90. The maximum atomic E-state index is 14.3. The molecule has 2 aromatic carbocycles. The van der Waals surface area contributed by atoms with Crippen molar-refractivity contribution in [2.45, 2.75) is 56.1 Å². The van der Waals surface area contributed by atoms with E-state index in [1.807, 2.05) is 0 Å². The normalized spacial score (nSPS) is 19.8. The van der Waals surface area contributed by atoms with Crippen molar-refractivity contribution in [2.75, 3.05) is 0 Å². The number of aliphatic imine (C=N–C) groups is 1. The lowest BCUT2D eigenvalue weighted by Crippen LogP contribution is -2.43. The first-order chi connectivity index (χ1) is 14.8. The van der Waals surface area contributed by atoms with E-state index in [2.05, 4.69) is 9.71 Å². The van der Waals surface area contributed by atoms with Gasteiger partial charge in [-0.05, 0) is 44.0 Å². The van der Waals surface area contributed by atoms with Crippen LogP contribution in [-0.2, 0) is 21.4 Å². The van der Waals surface area contributed by atoms with Crippen LogP contribution in [0.4, 0.5) is 8.78 Å². The van der Waals surface area contributed by atoms with Crippen molar-refractivity contribution in [3.05, 3.63) is 65.2 Å². The molecule has 9 heteroatoms. The number of amidine groups is 1. The number of halogens is 2. The molecule has 2 aromatic rings. The molecule has 1 aliphatic heterocycles. The fourth-order valence-corrected chi connectivity index (χ4v) is 5.41. The van der Waals surface area contributed by atoms with Gasteiger partial charge in [-0.15, -0.1) is 0 Å². The number of nitrogens with one attached hydrogen (secondary N) is 1. The molecule has 1 aliphatic carbocycles. The number of fused-ring (bicyclic) bond motifs is 1. The zero-order chi connectivity index (χ0) is 22.2. The zero-order valence-electron chi connectivity index (χ0n) is 17.0. The minimum atomic E-state index is -3.73. The Morgan fingerprint density at radius 1 is 1.13 bits per heavy atom. The van der Waals surface area contributed by atoms with Gasteiger partial charge in [-0.3, -0.25) is 14.5 Å². The SMILES string of the molecule is C[C@H](N=C1NS(=O)(=O)c2ccccc21)C(=O)N(Cc1c(F)cccc1F)C1CCCC1. The molecule has 0 aromatic heterocycles. The number of hydrogen-bond acceptors (Lipinski definition) is 4. The van der Waals surface area contributed by atoms with E-state index in [1.165, 1.54) is 29.2 Å². The third-order valence-corrected chi connectivity index (χ3v) is 7.18. The molecule has 31 heavy (non-hydrogen) atoms. The molecular formula is C22H23F2N3O3S. The van der Waals surface area contributed by atoms with Gasteiger partial charge in [-0.25, -0.2) is 17.2 Å². The number of carbonyl (C=O) groups excluding carboxylic acids is 1. The Kier molecular flexibility index (Phi) is 5.79. The minimum Gasteiger partial charge on any atom is -0.333 e. The van der Waals surface area contributed by atoms with Crippen molar-refractivity contribution in [3.8, 4) is 0 Å². The van der Waals surface area contributed by atoms with Gasteiger partial charge >= 0.3 is 0 Å². The van der Waals surface area contributed by atoms with Crippen molar-refractivity contribution in [2.24, 2.45) is 4.99 Å². The molecule has 0 radical (unpaired) electrons. The lowest BCUT2D eigenvalue weighted by Gasteiger charge is -2.31. The number of amides is 1. The van der Waals surface area contributed by atoms with Gasteiger partial charge < -0.3 is 4.90 Å². The average Bonchev–Trinajstić information content (AvgIpc) is 3.34. The first-order valence-electron chi connectivity index (χ1n) is 10.2. The standard InChI is InChI=1S/C22H23F2N3O3S/c1-14(25-21-16-9-4-5-12-20(16)31(29,30)26-21)22(28)27(15-7-2-3-8-15)13-17-18(23)10-6-11-19(17)24/h4-6,9-12,14-15H,2-3,7-8,13H2,1H3,(H,25,26)/t14-/m0/s1. The summed E-state index contributed by atoms with van der Waals surface area (Å²) in [5.74, 6) is -1.70. The van der Waals surface area contributed by atoms with Crippen molar-refractivity contribution in [3.63, 3.8) is 0 Å². The second kappa shape index (κ2) is 8.37. The molecule has 1 heterocycles. The summed E-state index contributed by atoms with van der Waals surface area (Å²) in [5.41, 5.74) is 0.240. The summed E-state index contributed by atoms with van der Waals surface area (Å²) in [6.45, 7) is 1.36. The monoisotopic (exact) mass is 447 g/mol. The van der Waals surface area contributed by atoms with E-state index in [9.17, 15) is 22.0 Å². The van der Waals surface area contributed by atoms with Crippen LogP contribution in [0.15, 0.2) is 52.4 Å². The van der Waals surface area contributed by atoms with Crippen LogP contribution < -0.4 is 4.72 Å². The lowest BCUT2D eigenvalue weighted by molar-refractivity contribution is -0.135. The van der Waals surface area contributed by atoms with Crippen molar-refractivity contribution >= 4 is 21.8 Å².